The lowest BCUT2D eigenvalue weighted by atomic mass is 9.99. The summed E-state index contributed by atoms with van der Waals surface area (Å²) in [6.07, 6.45) is 3.41. The van der Waals surface area contributed by atoms with Crippen molar-refractivity contribution in [2.45, 2.75) is 32.3 Å². The van der Waals surface area contributed by atoms with Crippen LogP contribution in [0.4, 0.5) is 5.82 Å². The first-order valence-corrected chi connectivity index (χ1v) is 8.41. The van der Waals surface area contributed by atoms with E-state index in [2.05, 4.69) is 11.9 Å². The van der Waals surface area contributed by atoms with Crippen molar-refractivity contribution in [2.75, 3.05) is 37.7 Å². The maximum absolute atomic E-state index is 13.1. The molecule has 2 aliphatic rings. The third-order valence-electron chi connectivity index (χ3n) is 4.42. The minimum Gasteiger partial charge on any atom is -0.464 e. The lowest BCUT2D eigenvalue weighted by Gasteiger charge is -2.41. The Labute approximate surface area is 141 Å². The third kappa shape index (κ3) is 2.84. The number of hydrogen-bond acceptors (Lipinski definition) is 5. The molecule has 2 amide bonds. The Balaban J connectivity index is 1.93. The number of ether oxygens (including phenoxy) is 2. The zero-order chi connectivity index (χ0) is 17.2. The van der Waals surface area contributed by atoms with Crippen LogP contribution >= 0.6 is 0 Å². The van der Waals surface area contributed by atoms with E-state index in [1.165, 1.54) is 0 Å². The van der Waals surface area contributed by atoms with Gasteiger partial charge in [-0.1, -0.05) is 13.3 Å². The number of pyridine rings is 1. The van der Waals surface area contributed by atoms with Crippen LogP contribution in [0.1, 0.15) is 26.7 Å². The molecule has 7 nitrogen and oxygen atoms in total. The summed E-state index contributed by atoms with van der Waals surface area (Å²) in [6, 6.07) is 3.49. The largest absolute Gasteiger partial charge is 0.464 e. The fourth-order valence-corrected chi connectivity index (χ4v) is 3.01. The molecule has 7 heteroatoms. The van der Waals surface area contributed by atoms with Crippen LogP contribution in [-0.4, -0.2) is 60.1 Å². The summed E-state index contributed by atoms with van der Waals surface area (Å²) in [5, 5.41) is 0. The topological polar surface area (TPSA) is 72.0 Å². The van der Waals surface area contributed by atoms with Gasteiger partial charge in [0.05, 0.1) is 13.2 Å². The molecule has 130 valence electrons. The fraction of sp³-hybridized carbons (Fsp3) is 0.588. The van der Waals surface area contributed by atoms with Gasteiger partial charge in [-0.2, -0.15) is 0 Å². The summed E-state index contributed by atoms with van der Waals surface area (Å²) in [5.41, 5.74) is -1.55. The van der Waals surface area contributed by atoms with E-state index in [9.17, 15) is 9.59 Å². The van der Waals surface area contributed by atoms with Crippen LogP contribution in [0.25, 0.3) is 0 Å². The number of fused-ring (bicyclic) bond motifs is 1. The van der Waals surface area contributed by atoms with Gasteiger partial charge in [0.1, 0.15) is 0 Å². The molecule has 0 N–H and O–H groups in total. The van der Waals surface area contributed by atoms with Crippen molar-refractivity contribution < 1.29 is 19.1 Å². The second-order valence-corrected chi connectivity index (χ2v) is 6.18. The quantitative estimate of drug-likeness (QED) is 0.775. The molecule has 0 aromatic carbocycles. The van der Waals surface area contributed by atoms with Gasteiger partial charge in [-0.05, 0) is 25.5 Å². The summed E-state index contributed by atoms with van der Waals surface area (Å²) >= 11 is 0. The monoisotopic (exact) mass is 333 g/mol. The first-order chi connectivity index (χ1) is 11.6. The van der Waals surface area contributed by atoms with Crippen molar-refractivity contribution in [3.05, 3.63) is 18.3 Å². The third-order valence-corrected chi connectivity index (χ3v) is 4.42. The average molecular weight is 333 g/mol. The molecule has 24 heavy (non-hydrogen) atoms. The van der Waals surface area contributed by atoms with Crippen molar-refractivity contribution in [2.24, 2.45) is 0 Å². The molecule has 3 heterocycles. The summed E-state index contributed by atoms with van der Waals surface area (Å²) in [7, 11) is 0. The van der Waals surface area contributed by atoms with Crippen LogP contribution in [0, 0.1) is 0 Å². The molecule has 0 bridgehead atoms. The van der Waals surface area contributed by atoms with E-state index in [0.717, 1.165) is 12.8 Å². The van der Waals surface area contributed by atoms with Gasteiger partial charge in [0, 0.05) is 25.8 Å². The van der Waals surface area contributed by atoms with Gasteiger partial charge in [-0.25, -0.2) is 4.98 Å². The van der Waals surface area contributed by atoms with Crippen LogP contribution in [0.15, 0.2) is 18.3 Å². The summed E-state index contributed by atoms with van der Waals surface area (Å²) in [6.45, 7) is 6.04. The molecule has 1 aromatic heterocycles. The second kappa shape index (κ2) is 6.76. The number of unbranched alkanes of at least 4 members (excludes halogenated alkanes) is 1. The van der Waals surface area contributed by atoms with Gasteiger partial charge in [-0.15, -0.1) is 0 Å². The van der Waals surface area contributed by atoms with Crippen molar-refractivity contribution in [3.63, 3.8) is 0 Å². The number of amides is 2. The Morgan fingerprint density at radius 2 is 2.12 bits per heavy atom. The van der Waals surface area contributed by atoms with Crippen LogP contribution in [-0.2, 0) is 14.3 Å². The smallest absolute Gasteiger partial charge is 0.282 e. The number of hydrogen-bond donors (Lipinski definition) is 0. The number of aromatic nitrogens is 1. The van der Waals surface area contributed by atoms with E-state index >= 15 is 0 Å². The fourth-order valence-electron chi connectivity index (χ4n) is 3.01. The second-order valence-electron chi connectivity index (χ2n) is 6.18. The van der Waals surface area contributed by atoms with E-state index in [0.29, 0.717) is 44.4 Å². The molecule has 1 atom stereocenters. The van der Waals surface area contributed by atoms with Crippen LogP contribution in [0.2, 0.25) is 0 Å². The lowest BCUT2D eigenvalue weighted by Crippen LogP contribution is -2.64. The summed E-state index contributed by atoms with van der Waals surface area (Å²) in [4.78, 5) is 33.6. The Hall–Kier alpha value is -2.15. The maximum Gasteiger partial charge on any atom is 0.282 e. The van der Waals surface area contributed by atoms with Gasteiger partial charge in [0.25, 0.3) is 17.4 Å². The Kier molecular flexibility index (Phi) is 4.71. The SMILES string of the molecule is CCCCN1C(=O)[C@@](C)(C(=O)N2CCOCC2)Oc2cccnc21. The minimum atomic E-state index is -1.55. The molecule has 3 rings (SSSR count). The highest BCUT2D eigenvalue weighted by Gasteiger charge is 2.52. The predicted molar refractivity (Wildman–Crippen MR) is 87.9 cm³/mol. The highest BCUT2D eigenvalue weighted by molar-refractivity contribution is 6.16. The van der Waals surface area contributed by atoms with E-state index in [4.69, 9.17) is 9.47 Å². The highest BCUT2D eigenvalue weighted by Crippen LogP contribution is 2.37. The van der Waals surface area contributed by atoms with Crippen LogP contribution in [0.3, 0.4) is 0 Å². The molecular formula is C17H23N3O4. The molecule has 0 unspecified atom stereocenters. The minimum absolute atomic E-state index is 0.313. The van der Waals surface area contributed by atoms with Crippen molar-refractivity contribution in [1.29, 1.82) is 0 Å². The number of morpholine rings is 1. The average Bonchev–Trinajstić information content (AvgIpc) is 2.62. The first-order valence-electron chi connectivity index (χ1n) is 8.41. The number of rotatable bonds is 4. The molecule has 0 aliphatic carbocycles. The van der Waals surface area contributed by atoms with Crippen molar-refractivity contribution in [1.82, 2.24) is 9.88 Å². The summed E-state index contributed by atoms with van der Waals surface area (Å²) in [5.74, 6) is 0.297. The standard InChI is InChI=1S/C17H23N3O4/c1-3-4-8-20-14-13(6-5-7-18-14)24-17(2,16(20)22)15(21)19-9-11-23-12-10-19/h5-7H,3-4,8-12H2,1-2H3/t17-/m1/s1. The van der Waals surface area contributed by atoms with Crippen molar-refractivity contribution in [3.8, 4) is 5.75 Å². The lowest BCUT2D eigenvalue weighted by molar-refractivity contribution is -0.158. The van der Waals surface area contributed by atoms with E-state index in [-0.39, 0.29) is 11.8 Å². The van der Waals surface area contributed by atoms with E-state index in [1.807, 2.05) is 0 Å². The molecule has 0 radical (unpaired) electrons. The molecule has 1 saturated heterocycles. The van der Waals surface area contributed by atoms with Crippen LogP contribution < -0.4 is 9.64 Å². The van der Waals surface area contributed by atoms with Crippen LogP contribution in [0.5, 0.6) is 5.75 Å². The molecular weight excluding hydrogens is 310 g/mol. The highest BCUT2D eigenvalue weighted by atomic mass is 16.5. The summed E-state index contributed by atoms with van der Waals surface area (Å²) < 4.78 is 11.2. The number of carbonyl (C=O) groups excluding carboxylic acids is 2. The van der Waals surface area contributed by atoms with E-state index < -0.39 is 5.60 Å². The maximum atomic E-state index is 13.1. The van der Waals surface area contributed by atoms with Gasteiger partial charge in [0.15, 0.2) is 11.6 Å². The molecule has 0 spiro atoms. The normalized spacial score (nSPS) is 23.7. The zero-order valence-corrected chi connectivity index (χ0v) is 14.2. The Morgan fingerprint density at radius 1 is 1.38 bits per heavy atom. The molecule has 1 aromatic rings. The van der Waals surface area contributed by atoms with Gasteiger partial charge < -0.3 is 14.4 Å². The van der Waals surface area contributed by atoms with Crippen molar-refractivity contribution >= 4 is 17.6 Å². The zero-order valence-electron chi connectivity index (χ0n) is 14.2. The first kappa shape index (κ1) is 16.7. The van der Waals surface area contributed by atoms with Gasteiger partial charge >= 0.3 is 0 Å². The molecule has 1 fully saturated rings. The molecule has 0 saturated carbocycles. The Bertz CT molecular complexity index is 630. The van der Waals surface area contributed by atoms with Gasteiger partial charge in [-0.3, -0.25) is 14.5 Å². The van der Waals surface area contributed by atoms with Gasteiger partial charge in [0.2, 0.25) is 0 Å². The van der Waals surface area contributed by atoms with E-state index in [1.54, 1.807) is 35.1 Å². The predicted octanol–water partition coefficient (Wildman–Crippen LogP) is 1.22. The Morgan fingerprint density at radius 3 is 2.83 bits per heavy atom. The number of carbonyl (C=O) groups is 2. The molecule has 2 aliphatic heterocycles. The number of anilines is 1. The number of nitrogens with zero attached hydrogens (tertiary/aromatic N) is 3.